The zero-order chi connectivity index (χ0) is 30.6. The minimum atomic E-state index is 1.01. The van der Waals surface area contributed by atoms with Crippen molar-refractivity contribution < 1.29 is 0 Å². The van der Waals surface area contributed by atoms with E-state index in [-0.39, 0.29) is 0 Å². The van der Waals surface area contributed by atoms with Gasteiger partial charge in [-0.1, -0.05) is 96.7 Å². The summed E-state index contributed by atoms with van der Waals surface area (Å²) in [6, 6.07) is 48.4. The number of benzene rings is 6. The quantitative estimate of drug-likeness (QED) is 0.190. The Labute approximate surface area is 277 Å². The van der Waals surface area contributed by atoms with Gasteiger partial charge in [0, 0.05) is 48.0 Å². The molecule has 0 spiro atoms. The van der Waals surface area contributed by atoms with Crippen LogP contribution in [0.25, 0.3) is 92.0 Å². The molecule has 0 amide bonds. The van der Waals surface area contributed by atoms with Crippen LogP contribution in [-0.4, -0.2) is 14.4 Å². The second kappa shape index (κ2) is 9.52. The van der Waals surface area contributed by atoms with Crippen LogP contribution < -0.4 is 0 Å². The molecule has 0 bridgehead atoms. The van der Waals surface area contributed by atoms with Crippen molar-refractivity contribution in [1.29, 1.82) is 0 Å². The van der Waals surface area contributed by atoms with E-state index in [1.165, 1.54) is 57.2 Å². The molecule has 0 saturated carbocycles. The summed E-state index contributed by atoms with van der Waals surface area (Å²) in [6.07, 6.45) is 2.05. The summed E-state index contributed by atoms with van der Waals surface area (Å²) in [5.74, 6) is 0. The van der Waals surface area contributed by atoms with Crippen LogP contribution in [-0.2, 0) is 0 Å². The number of hydrogen-bond donors (Lipinski definition) is 0. The Morgan fingerprint density at radius 3 is 2.23 bits per heavy atom. The lowest BCUT2D eigenvalue weighted by Crippen LogP contribution is -1.97. The predicted molar refractivity (Wildman–Crippen MR) is 199 cm³/mol. The van der Waals surface area contributed by atoms with Crippen molar-refractivity contribution in [2.45, 2.75) is 9.79 Å². The molecule has 0 unspecified atom stereocenters. The van der Waals surface area contributed by atoms with Crippen LogP contribution in [0.4, 0.5) is 0 Å². The molecule has 10 aromatic rings. The minimum Gasteiger partial charge on any atom is -0.291 e. The Hall–Kier alpha value is -5.49. The Morgan fingerprint density at radius 1 is 0.574 bits per heavy atom. The van der Waals surface area contributed by atoms with E-state index in [9.17, 15) is 0 Å². The van der Waals surface area contributed by atoms with Crippen molar-refractivity contribution in [1.82, 2.24) is 14.4 Å². The molecule has 47 heavy (non-hydrogen) atoms. The van der Waals surface area contributed by atoms with Gasteiger partial charge in [0.05, 0.1) is 26.9 Å². The van der Waals surface area contributed by atoms with E-state index in [1.807, 2.05) is 23.1 Å². The van der Waals surface area contributed by atoms with Gasteiger partial charge in [0.15, 0.2) is 5.65 Å². The van der Waals surface area contributed by atoms with Gasteiger partial charge in [0.2, 0.25) is 0 Å². The molecule has 1 aliphatic rings. The molecule has 0 saturated heterocycles. The largest absolute Gasteiger partial charge is 0.291 e. The third-order valence-electron chi connectivity index (χ3n) is 9.60. The molecule has 0 fully saturated rings. The molecule has 0 N–H and O–H groups in total. The van der Waals surface area contributed by atoms with Crippen LogP contribution in [0.15, 0.2) is 149 Å². The van der Waals surface area contributed by atoms with Crippen molar-refractivity contribution in [3.63, 3.8) is 0 Å². The average Bonchev–Trinajstić information content (AvgIpc) is 3.69. The number of aromatic nitrogens is 3. The van der Waals surface area contributed by atoms with Gasteiger partial charge in [0.25, 0.3) is 0 Å². The van der Waals surface area contributed by atoms with Gasteiger partial charge in [-0.15, -0.1) is 11.3 Å². The highest BCUT2D eigenvalue weighted by Gasteiger charge is 2.23. The van der Waals surface area contributed by atoms with Crippen LogP contribution in [0.3, 0.4) is 0 Å². The van der Waals surface area contributed by atoms with Crippen LogP contribution in [0.2, 0.25) is 0 Å². The smallest absolute Gasteiger partial charge is 0.156 e. The Balaban J connectivity index is 1.15. The van der Waals surface area contributed by atoms with Crippen LogP contribution in [0.5, 0.6) is 0 Å². The van der Waals surface area contributed by atoms with E-state index in [0.29, 0.717) is 0 Å². The summed E-state index contributed by atoms with van der Waals surface area (Å²) in [5, 5.41) is 6.30. The normalized spacial score (nSPS) is 12.6. The van der Waals surface area contributed by atoms with Crippen molar-refractivity contribution in [3.8, 4) is 33.5 Å². The number of nitrogens with zero attached hydrogens (tertiary/aromatic N) is 3. The van der Waals surface area contributed by atoms with E-state index < -0.39 is 0 Å². The minimum absolute atomic E-state index is 1.01. The highest BCUT2D eigenvalue weighted by Crippen LogP contribution is 2.51. The maximum absolute atomic E-state index is 5.21. The Bertz CT molecular complexity index is 2930. The third kappa shape index (κ3) is 3.64. The fourth-order valence-electron chi connectivity index (χ4n) is 7.44. The molecule has 4 aromatic heterocycles. The monoisotopic (exact) mass is 633 g/mol. The summed E-state index contributed by atoms with van der Waals surface area (Å²) >= 11 is 3.68. The molecular weight excluding hydrogens is 611 g/mol. The molecule has 0 atom stereocenters. The second-order valence-electron chi connectivity index (χ2n) is 12.2. The van der Waals surface area contributed by atoms with Crippen molar-refractivity contribution in [2.75, 3.05) is 0 Å². The highest BCUT2D eigenvalue weighted by molar-refractivity contribution is 7.99. The average molecular weight is 634 g/mol. The van der Waals surface area contributed by atoms with Crippen LogP contribution in [0, 0.1) is 0 Å². The highest BCUT2D eigenvalue weighted by atomic mass is 32.2. The van der Waals surface area contributed by atoms with Crippen molar-refractivity contribution in [2.24, 2.45) is 0 Å². The number of thiophene rings is 1. The summed E-state index contributed by atoms with van der Waals surface area (Å²) in [4.78, 5) is 12.7. The first-order valence-corrected chi connectivity index (χ1v) is 17.4. The molecule has 218 valence electrons. The van der Waals surface area contributed by atoms with E-state index in [1.54, 1.807) is 0 Å². The molecule has 0 radical (unpaired) electrons. The van der Waals surface area contributed by atoms with Gasteiger partial charge in [-0.2, -0.15) is 0 Å². The zero-order valence-electron chi connectivity index (χ0n) is 24.9. The number of hydrogen-bond acceptors (Lipinski definition) is 4. The molecule has 5 heteroatoms. The van der Waals surface area contributed by atoms with Gasteiger partial charge in [-0.25, -0.2) is 4.98 Å². The van der Waals surface area contributed by atoms with E-state index in [2.05, 4.69) is 144 Å². The third-order valence-corrected chi connectivity index (χ3v) is 11.9. The molecule has 0 aliphatic carbocycles. The van der Waals surface area contributed by atoms with E-state index >= 15 is 0 Å². The SMILES string of the molecule is c1ccc2c(c1)Sc1cccc3ncc(-c4ccc(-c5cc6c7cc8ccccc8cc7sc6c6nc7ccccc7n56)cc4)c-2c13. The topological polar surface area (TPSA) is 30.2 Å². The maximum Gasteiger partial charge on any atom is 0.156 e. The fraction of sp³-hybridized carbons (Fsp3) is 0. The lowest BCUT2D eigenvalue weighted by atomic mass is 9.91. The van der Waals surface area contributed by atoms with Crippen LogP contribution in [0.1, 0.15) is 0 Å². The number of fused-ring (bicyclic) bond motifs is 10. The number of imidazole rings is 1. The predicted octanol–water partition coefficient (Wildman–Crippen LogP) is 12.0. The first kappa shape index (κ1) is 25.7. The fourth-order valence-corrected chi connectivity index (χ4v) is 9.75. The molecular formula is C42H23N3S2. The lowest BCUT2D eigenvalue weighted by Gasteiger charge is -2.22. The molecule has 5 heterocycles. The van der Waals surface area contributed by atoms with Gasteiger partial charge < -0.3 is 0 Å². The molecule has 3 nitrogen and oxygen atoms in total. The Kier molecular flexibility index (Phi) is 5.20. The van der Waals surface area contributed by atoms with Gasteiger partial charge in [-0.3, -0.25) is 9.38 Å². The summed E-state index contributed by atoms with van der Waals surface area (Å²) < 4.78 is 4.86. The molecule has 11 rings (SSSR count). The summed E-state index contributed by atoms with van der Waals surface area (Å²) in [5.41, 5.74) is 11.3. The van der Waals surface area contributed by atoms with Crippen molar-refractivity contribution in [3.05, 3.63) is 140 Å². The van der Waals surface area contributed by atoms with Gasteiger partial charge >= 0.3 is 0 Å². The van der Waals surface area contributed by atoms with Gasteiger partial charge in [0.1, 0.15) is 0 Å². The first-order valence-electron chi connectivity index (χ1n) is 15.7. The summed E-state index contributed by atoms with van der Waals surface area (Å²) in [6.45, 7) is 0. The Morgan fingerprint density at radius 2 is 1.32 bits per heavy atom. The lowest BCUT2D eigenvalue weighted by molar-refractivity contribution is 1.25. The van der Waals surface area contributed by atoms with E-state index in [4.69, 9.17) is 9.97 Å². The standard InChI is InChI=1S/C42H23N3S2/c1-2-9-27-21-38-29(20-26(27)8-1)30-22-35(45-34-13-5-4-11-32(34)44-42(45)41(30)47-38)25-18-16-24(17-19-25)31-23-43-33-12-7-15-37-40(33)39(31)28-10-3-6-14-36(28)46-37/h1-23H. The molecule has 1 aliphatic heterocycles. The van der Waals surface area contributed by atoms with Crippen molar-refractivity contribution >= 4 is 81.6 Å². The van der Waals surface area contributed by atoms with Gasteiger partial charge in [-0.05, 0) is 76.0 Å². The maximum atomic E-state index is 5.21. The summed E-state index contributed by atoms with van der Waals surface area (Å²) in [7, 11) is 0. The number of para-hydroxylation sites is 2. The van der Waals surface area contributed by atoms with Crippen LogP contribution >= 0.6 is 23.1 Å². The number of rotatable bonds is 2. The zero-order valence-corrected chi connectivity index (χ0v) is 26.6. The second-order valence-corrected chi connectivity index (χ2v) is 14.3. The first-order chi connectivity index (χ1) is 23.3. The van der Waals surface area contributed by atoms with E-state index in [0.717, 1.165) is 44.6 Å². The number of pyridine rings is 2. The molecule has 6 aromatic carbocycles.